The number of halogens is 2. The fourth-order valence-corrected chi connectivity index (χ4v) is 2.95. The summed E-state index contributed by atoms with van der Waals surface area (Å²) >= 11 is 12.9. The van der Waals surface area contributed by atoms with Gasteiger partial charge in [0.2, 0.25) is 5.78 Å². The van der Waals surface area contributed by atoms with Crippen LogP contribution in [-0.4, -0.2) is 19.5 Å². The Bertz CT molecular complexity index is 595. The summed E-state index contributed by atoms with van der Waals surface area (Å²) in [6.07, 6.45) is 0. The summed E-state index contributed by atoms with van der Waals surface area (Å²) in [5.74, 6) is 1.02. The molecule has 0 fully saturated rings. The fraction of sp³-hybridized carbons (Fsp3) is 0.154. The number of rotatable bonds is 5. The third-order valence-electron chi connectivity index (χ3n) is 2.37. The maximum atomic E-state index is 11.9. The number of ketones is 1. The molecule has 0 radical (unpaired) electrons. The number of methoxy groups -OCH3 is 1. The van der Waals surface area contributed by atoms with Crippen LogP contribution in [0.25, 0.3) is 0 Å². The van der Waals surface area contributed by atoms with Gasteiger partial charge in [-0.1, -0.05) is 29.3 Å². The van der Waals surface area contributed by atoms with E-state index in [1.54, 1.807) is 37.4 Å². The summed E-state index contributed by atoms with van der Waals surface area (Å²) in [4.78, 5) is 11.9. The monoisotopic (exact) mass is 316 g/mol. The number of carbonyl (C=O) groups excluding carboxylic acids is 1. The molecule has 0 aliphatic rings. The lowest BCUT2D eigenvalue weighted by molar-refractivity contribution is 0.0922. The lowest BCUT2D eigenvalue weighted by Gasteiger charge is -2.06. The van der Waals surface area contributed by atoms with E-state index in [4.69, 9.17) is 32.7 Å². The van der Waals surface area contributed by atoms with Crippen LogP contribution < -0.4 is 9.47 Å². The molecule has 1 heterocycles. The van der Waals surface area contributed by atoms with Crippen LogP contribution in [0.15, 0.2) is 30.3 Å². The van der Waals surface area contributed by atoms with Crippen LogP contribution in [0.3, 0.4) is 0 Å². The number of carbonyl (C=O) groups is 1. The molecule has 0 spiro atoms. The van der Waals surface area contributed by atoms with Crippen molar-refractivity contribution in [1.82, 2.24) is 0 Å². The van der Waals surface area contributed by atoms with Gasteiger partial charge in [0, 0.05) is 6.07 Å². The summed E-state index contributed by atoms with van der Waals surface area (Å²) in [5.41, 5.74) is 0.388. The van der Waals surface area contributed by atoms with E-state index in [1.165, 1.54) is 0 Å². The molecular formula is C13H10Cl2O3S. The van der Waals surface area contributed by atoms with Crippen LogP contribution in [0.4, 0.5) is 0 Å². The normalized spacial score (nSPS) is 10.3. The Morgan fingerprint density at radius 3 is 2.63 bits per heavy atom. The highest BCUT2D eigenvalue weighted by Gasteiger charge is 2.14. The number of hydrogen-bond acceptors (Lipinski definition) is 4. The van der Waals surface area contributed by atoms with Crippen molar-refractivity contribution in [3.63, 3.8) is 0 Å². The summed E-state index contributed by atoms with van der Waals surface area (Å²) < 4.78 is 11.3. The zero-order valence-corrected chi connectivity index (χ0v) is 12.3. The largest absolute Gasteiger partial charge is 0.497 e. The molecule has 19 heavy (non-hydrogen) atoms. The minimum Gasteiger partial charge on any atom is -0.497 e. The summed E-state index contributed by atoms with van der Waals surface area (Å²) in [6.45, 7) is -0.0973. The van der Waals surface area contributed by atoms with Crippen LogP contribution in [-0.2, 0) is 0 Å². The Morgan fingerprint density at radius 2 is 2.00 bits per heavy atom. The van der Waals surface area contributed by atoms with Crippen molar-refractivity contribution >= 4 is 40.3 Å². The van der Waals surface area contributed by atoms with Crippen molar-refractivity contribution in [1.29, 1.82) is 0 Å². The number of thiophene rings is 1. The molecule has 3 nitrogen and oxygen atoms in total. The van der Waals surface area contributed by atoms with Crippen LogP contribution in [0, 0.1) is 0 Å². The summed E-state index contributed by atoms with van der Waals surface area (Å²) in [6, 6.07) is 8.58. The maximum absolute atomic E-state index is 11.9. The molecule has 0 saturated carbocycles. The molecule has 1 aromatic heterocycles. The van der Waals surface area contributed by atoms with E-state index in [0.717, 1.165) is 11.3 Å². The van der Waals surface area contributed by atoms with E-state index < -0.39 is 0 Å². The van der Waals surface area contributed by atoms with E-state index in [0.29, 0.717) is 25.7 Å². The summed E-state index contributed by atoms with van der Waals surface area (Å²) in [5, 5.41) is 0. The van der Waals surface area contributed by atoms with E-state index in [9.17, 15) is 4.79 Å². The van der Waals surface area contributed by atoms with Gasteiger partial charge in [-0.15, -0.1) is 11.3 Å². The zero-order chi connectivity index (χ0) is 13.8. The first-order chi connectivity index (χ1) is 9.10. The quantitative estimate of drug-likeness (QED) is 0.770. The standard InChI is InChI=1S/C13H10Cl2O3S/c1-17-8-3-2-4-9(5-8)18-7-11(16)10-6-12(14)19-13(10)15/h2-6H,7H2,1H3. The van der Waals surface area contributed by atoms with Gasteiger partial charge in [-0.05, 0) is 18.2 Å². The van der Waals surface area contributed by atoms with Crippen LogP contribution in [0.5, 0.6) is 11.5 Å². The first kappa shape index (κ1) is 14.2. The molecule has 2 rings (SSSR count). The topological polar surface area (TPSA) is 35.5 Å². The highest BCUT2D eigenvalue weighted by Crippen LogP contribution is 2.31. The number of hydrogen-bond donors (Lipinski definition) is 0. The molecule has 0 bridgehead atoms. The molecule has 0 saturated heterocycles. The Morgan fingerprint density at radius 1 is 1.26 bits per heavy atom. The number of ether oxygens (including phenoxy) is 2. The molecule has 6 heteroatoms. The number of benzene rings is 1. The Hall–Kier alpha value is -1.23. The average molecular weight is 317 g/mol. The molecule has 0 aliphatic carbocycles. The minimum absolute atomic E-state index is 0.0973. The predicted molar refractivity (Wildman–Crippen MR) is 77.2 cm³/mol. The molecule has 2 aromatic rings. The first-order valence-corrected chi connectivity index (χ1v) is 6.92. The highest BCUT2D eigenvalue weighted by atomic mass is 35.5. The second-order valence-electron chi connectivity index (χ2n) is 3.63. The van der Waals surface area contributed by atoms with Gasteiger partial charge in [-0.2, -0.15) is 0 Å². The molecule has 1 aromatic carbocycles. The molecule has 0 amide bonds. The van der Waals surface area contributed by atoms with Gasteiger partial charge in [0.25, 0.3) is 0 Å². The van der Waals surface area contributed by atoms with Crippen molar-refractivity contribution in [2.24, 2.45) is 0 Å². The molecular weight excluding hydrogens is 307 g/mol. The van der Waals surface area contributed by atoms with Crippen molar-refractivity contribution in [2.45, 2.75) is 0 Å². The van der Waals surface area contributed by atoms with E-state index in [1.807, 2.05) is 0 Å². The van der Waals surface area contributed by atoms with Gasteiger partial charge in [0.05, 0.1) is 17.0 Å². The predicted octanol–water partition coefficient (Wildman–Crippen LogP) is 4.33. The first-order valence-electron chi connectivity index (χ1n) is 5.35. The van der Waals surface area contributed by atoms with Gasteiger partial charge in [-0.25, -0.2) is 0 Å². The third-order valence-corrected chi connectivity index (χ3v) is 3.86. The summed E-state index contributed by atoms with van der Waals surface area (Å²) in [7, 11) is 1.57. The Balaban J connectivity index is 2.02. The van der Waals surface area contributed by atoms with Crippen molar-refractivity contribution in [2.75, 3.05) is 13.7 Å². The van der Waals surface area contributed by atoms with Crippen LogP contribution >= 0.6 is 34.5 Å². The van der Waals surface area contributed by atoms with Gasteiger partial charge in [-0.3, -0.25) is 4.79 Å². The smallest absolute Gasteiger partial charge is 0.202 e. The SMILES string of the molecule is COc1cccc(OCC(=O)c2cc(Cl)sc2Cl)c1. The van der Waals surface area contributed by atoms with Crippen molar-refractivity contribution in [3.8, 4) is 11.5 Å². The molecule has 0 aliphatic heterocycles. The maximum Gasteiger partial charge on any atom is 0.202 e. The molecule has 0 N–H and O–H groups in total. The van der Waals surface area contributed by atoms with E-state index in [-0.39, 0.29) is 12.4 Å². The number of Topliss-reactive ketones (excluding diaryl/α,β-unsaturated/α-hetero) is 1. The van der Waals surface area contributed by atoms with Crippen molar-refractivity contribution < 1.29 is 14.3 Å². The van der Waals surface area contributed by atoms with Gasteiger partial charge in [0.15, 0.2) is 6.61 Å². The van der Waals surface area contributed by atoms with Crippen molar-refractivity contribution in [3.05, 3.63) is 44.6 Å². The van der Waals surface area contributed by atoms with Gasteiger partial charge < -0.3 is 9.47 Å². The lowest BCUT2D eigenvalue weighted by Crippen LogP contribution is -2.11. The zero-order valence-electron chi connectivity index (χ0n) is 9.98. The van der Waals surface area contributed by atoms with Crippen LogP contribution in [0.2, 0.25) is 8.67 Å². The average Bonchev–Trinajstić information content (AvgIpc) is 2.75. The Labute approximate surface area is 124 Å². The Kier molecular flexibility index (Phi) is 4.69. The highest BCUT2D eigenvalue weighted by molar-refractivity contribution is 7.20. The molecule has 0 atom stereocenters. The van der Waals surface area contributed by atoms with Crippen LogP contribution in [0.1, 0.15) is 10.4 Å². The third kappa shape index (κ3) is 3.62. The van der Waals surface area contributed by atoms with Gasteiger partial charge >= 0.3 is 0 Å². The lowest BCUT2D eigenvalue weighted by atomic mass is 10.2. The molecule has 0 unspecified atom stereocenters. The van der Waals surface area contributed by atoms with E-state index >= 15 is 0 Å². The van der Waals surface area contributed by atoms with E-state index in [2.05, 4.69) is 0 Å². The van der Waals surface area contributed by atoms with Gasteiger partial charge in [0.1, 0.15) is 15.8 Å². The molecule has 100 valence electrons. The second kappa shape index (κ2) is 6.28. The second-order valence-corrected chi connectivity index (χ2v) is 5.91. The fourth-order valence-electron chi connectivity index (χ4n) is 1.45. The minimum atomic E-state index is -0.212.